The van der Waals surface area contributed by atoms with Crippen LogP contribution in [0.5, 0.6) is 11.5 Å². The van der Waals surface area contributed by atoms with Crippen molar-refractivity contribution in [2.45, 2.75) is 33.6 Å². The Morgan fingerprint density at radius 3 is 2.44 bits per heavy atom. The first-order valence-electron chi connectivity index (χ1n) is 8.42. The molecule has 0 fully saturated rings. The minimum Gasteiger partial charge on any atom is -0.504 e. The monoisotopic (exact) mass is 338 g/mol. The van der Waals surface area contributed by atoms with Gasteiger partial charge < -0.3 is 9.84 Å². The highest BCUT2D eigenvalue weighted by molar-refractivity contribution is 5.86. The van der Waals surface area contributed by atoms with Crippen molar-refractivity contribution < 1.29 is 9.84 Å². The van der Waals surface area contributed by atoms with Gasteiger partial charge in [-0.1, -0.05) is 31.5 Å². The molecule has 1 N–H and O–H groups in total. The van der Waals surface area contributed by atoms with Crippen LogP contribution in [-0.2, 0) is 0 Å². The normalized spacial score (nSPS) is 11.2. The molecule has 0 aliphatic heterocycles. The average molecular weight is 338 g/mol. The lowest BCUT2D eigenvalue weighted by Gasteiger charge is -2.17. The molecule has 0 spiro atoms. The number of benzene rings is 2. The van der Waals surface area contributed by atoms with E-state index in [9.17, 15) is 9.90 Å². The van der Waals surface area contributed by atoms with Crippen LogP contribution in [0.3, 0.4) is 0 Å². The van der Waals surface area contributed by atoms with Gasteiger partial charge >= 0.3 is 0 Å². The van der Waals surface area contributed by atoms with E-state index in [1.807, 2.05) is 52.0 Å². The van der Waals surface area contributed by atoms with Crippen molar-refractivity contribution in [3.05, 3.63) is 58.1 Å². The molecule has 0 aliphatic rings. The van der Waals surface area contributed by atoms with E-state index >= 15 is 0 Å². The second kappa shape index (κ2) is 6.59. The van der Waals surface area contributed by atoms with Crippen LogP contribution in [0.4, 0.5) is 0 Å². The number of phenolic OH excluding ortho intramolecular Hbond substituents is 1. The number of hydrogen-bond acceptors (Lipinski definition) is 4. The fraction of sp³-hybridized carbons (Fsp3) is 0.300. The van der Waals surface area contributed by atoms with Crippen molar-refractivity contribution in [3.8, 4) is 17.2 Å². The summed E-state index contributed by atoms with van der Waals surface area (Å²) in [7, 11) is 0. The van der Waals surface area contributed by atoms with Crippen LogP contribution >= 0.6 is 0 Å². The van der Waals surface area contributed by atoms with E-state index in [4.69, 9.17) is 9.72 Å². The van der Waals surface area contributed by atoms with Crippen LogP contribution in [-0.4, -0.2) is 21.3 Å². The zero-order valence-electron chi connectivity index (χ0n) is 14.9. The Balaban J connectivity index is 2.40. The Morgan fingerprint density at radius 2 is 1.84 bits per heavy atom. The Hall–Kier alpha value is -2.82. The van der Waals surface area contributed by atoms with Gasteiger partial charge in [-0.05, 0) is 38.1 Å². The molecule has 0 aliphatic carbocycles. The van der Waals surface area contributed by atoms with Gasteiger partial charge in [-0.2, -0.15) is 0 Å². The van der Waals surface area contributed by atoms with Crippen molar-refractivity contribution in [1.29, 1.82) is 0 Å². The Bertz CT molecular complexity index is 973. The van der Waals surface area contributed by atoms with Gasteiger partial charge in [-0.15, -0.1) is 0 Å². The number of fused-ring (bicyclic) bond motifs is 1. The summed E-state index contributed by atoms with van der Waals surface area (Å²) in [5.41, 5.74) is 2.14. The molecule has 0 bridgehead atoms. The number of phenols is 1. The zero-order valence-corrected chi connectivity index (χ0v) is 14.9. The minimum absolute atomic E-state index is 0.0101. The van der Waals surface area contributed by atoms with Gasteiger partial charge in [0.2, 0.25) is 0 Å². The van der Waals surface area contributed by atoms with E-state index in [-0.39, 0.29) is 23.0 Å². The largest absolute Gasteiger partial charge is 0.504 e. The van der Waals surface area contributed by atoms with Crippen molar-refractivity contribution >= 4 is 10.9 Å². The fourth-order valence-electron chi connectivity index (χ4n) is 2.85. The molecule has 5 nitrogen and oxygen atoms in total. The number of nitrogens with zero attached hydrogens (tertiary/aromatic N) is 2. The van der Waals surface area contributed by atoms with E-state index in [1.54, 1.807) is 10.6 Å². The van der Waals surface area contributed by atoms with Crippen LogP contribution in [0.25, 0.3) is 16.6 Å². The third kappa shape index (κ3) is 2.97. The van der Waals surface area contributed by atoms with Gasteiger partial charge in [0, 0.05) is 5.92 Å². The molecule has 3 aromatic rings. The lowest BCUT2D eigenvalue weighted by atomic mass is 10.1. The highest BCUT2D eigenvalue weighted by atomic mass is 16.5. The van der Waals surface area contributed by atoms with E-state index in [1.165, 1.54) is 6.07 Å². The number of hydrogen-bond donors (Lipinski definition) is 1. The molecule has 5 heteroatoms. The molecule has 3 rings (SSSR count). The summed E-state index contributed by atoms with van der Waals surface area (Å²) in [6.45, 7) is 8.19. The molecule has 0 saturated carbocycles. The quantitative estimate of drug-likeness (QED) is 0.783. The minimum atomic E-state index is -0.168. The number of aryl methyl sites for hydroxylation is 1. The Morgan fingerprint density at radius 1 is 1.16 bits per heavy atom. The average Bonchev–Trinajstić information content (AvgIpc) is 2.58. The third-order valence-electron chi connectivity index (χ3n) is 4.10. The maximum atomic E-state index is 13.2. The van der Waals surface area contributed by atoms with Crippen LogP contribution in [0, 0.1) is 6.92 Å². The van der Waals surface area contributed by atoms with Crippen LogP contribution in [0.1, 0.15) is 38.1 Å². The summed E-state index contributed by atoms with van der Waals surface area (Å²) in [5, 5.41) is 10.5. The van der Waals surface area contributed by atoms with E-state index in [0.717, 1.165) is 11.3 Å². The third-order valence-corrected chi connectivity index (χ3v) is 4.10. The maximum absolute atomic E-state index is 13.2. The molecule has 2 aromatic carbocycles. The number of aromatic nitrogens is 2. The number of ether oxygens (including phenoxy) is 1. The second-order valence-electron chi connectivity index (χ2n) is 6.34. The molecule has 1 heterocycles. The van der Waals surface area contributed by atoms with Crippen LogP contribution in [0.15, 0.2) is 41.2 Å². The van der Waals surface area contributed by atoms with E-state index in [0.29, 0.717) is 23.3 Å². The molecule has 25 heavy (non-hydrogen) atoms. The van der Waals surface area contributed by atoms with Crippen molar-refractivity contribution in [2.75, 3.05) is 6.61 Å². The molecule has 0 unspecified atom stereocenters. The van der Waals surface area contributed by atoms with Gasteiger partial charge in [0.1, 0.15) is 11.3 Å². The first-order chi connectivity index (χ1) is 11.9. The van der Waals surface area contributed by atoms with Gasteiger partial charge in [0.15, 0.2) is 11.5 Å². The first kappa shape index (κ1) is 17.0. The highest BCUT2D eigenvalue weighted by Crippen LogP contribution is 2.33. The molecule has 0 radical (unpaired) electrons. The summed E-state index contributed by atoms with van der Waals surface area (Å²) in [6, 6.07) is 10.8. The molecular formula is C20H22N2O3. The van der Waals surface area contributed by atoms with E-state index in [2.05, 4.69) is 0 Å². The van der Waals surface area contributed by atoms with Crippen LogP contribution < -0.4 is 10.3 Å². The molecule has 0 atom stereocenters. The second-order valence-corrected chi connectivity index (χ2v) is 6.34. The van der Waals surface area contributed by atoms with Crippen molar-refractivity contribution in [3.63, 3.8) is 0 Å². The SMILES string of the molecule is CCOc1c(O)ccc2c(=O)n(-c3ccc(C)cc3)c(C(C)C)nc12. The first-order valence-corrected chi connectivity index (χ1v) is 8.42. The van der Waals surface area contributed by atoms with Gasteiger partial charge in [0.25, 0.3) is 5.56 Å². The molecule has 130 valence electrons. The molecule has 1 aromatic heterocycles. The summed E-state index contributed by atoms with van der Waals surface area (Å²) in [5.74, 6) is 0.905. The Labute approximate surface area is 146 Å². The molecular weight excluding hydrogens is 316 g/mol. The van der Waals surface area contributed by atoms with Gasteiger partial charge in [0.05, 0.1) is 17.7 Å². The van der Waals surface area contributed by atoms with Crippen molar-refractivity contribution in [1.82, 2.24) is 9.55 Å². The summed E-state index contributed by atoms with van der Waals surface area (Å²) in [6.07, 6.45) is 0. The smallest absolute Gasteiger partial charge is 0.266 e. The molecule has 0 amide bonds. The predicted molar refractivity (Wildman–Crippen MR) is 99.0 cm³/mol. The number of rotatable bonds is 4. The van der Waals surface area contributed by atoms with Crippen molar-refractivity contribution in [2.24, 2.45) is 0 Å². The highest BCUT2D eigenvalue weighted by Gasteiger charge is 2.19. The predicted octanol–water partition coefficient (Wildman–Crippen LogP) is 3.92. The number of aromatic hydroxyl groups is 1. The summed E-state index contributed by atoms with van der Waals surface area (Å²) >= 11 is 0. The topological polar surface area (TPSA) is 64.3 Å². The molecule has 0 saturated heterocycles. The maximum Gasteiger partial charge on any atom is 0.266 e. The zero-order chi connectivity index (χ0) is 18.1. The summed E-state index contributed by atoms with van der Waals surface area (Å²) < 4.78 is 7.18. The lowest BCUT2D eigenvalue weighted by molar-refractivity contribution is 0.321. The summed E-state index contributed by atoms with van der Waals surface area (Å²) in [4.78, 5) is 17.9. The standard InChI is InChI=1S/C20H22N2O3/c1-5-25-18-16(23)11-10-15-17(18)21-19(12(2)3)22(20(15)24)14-8-6-13(4)7-9-14/h6-12,23H,5H2,1-4H3. The fourth-order valence-corrected chi connectivity index (χ4v) is 2.85. The van der Waals surface area contributed by atoms with Gasteiger partial charge in [-0.25, -0.2) is 4.98 Å². The van der Waals surface area contributed by atoms with Gasteiger partial charge in [-0.3, -0.25) is 9.36 Å². The van der Waals surface area contributed by atoms with Crippen LogP contribution in [0.2, 0.25) is 0 Å². The van der Waals surface area contributed by atoms with E-state index < -0.39 is 0 Å². The Kier molecular flexibility index (Phi) is 4.49. The lowest BCUT2D eigenvalue weighted by Crippen LogP contribution is -2.25.